The Labute approximate surface area is 218 Å². The zero-order valence-electron chi connectivity index (χ0n) is 20.4. The minimum atomic E-state index is -0.732. The fraction of sp³-hybridized carbons (Fsp3) is 0.179. The van der Waals surface area contributed by atoms with Gasteiger partial charge in [-0.2, -0.15) is 0 Å². The molecule has 0 atom stereocenters. The summed E-state index contributed by atoms with van der Waals surface area (Å²) in [4.78, 5) is 39.3. The number of amides is 1. The summed E-state index contributed by atoms with van der Waals surface area (Å²) in [6, 6.07) is 22.7. The van der Waals surface area contributed by atoms with E-state index in [1.54, 1.807) is 30.3 Å². The van der Waals surface area contributed by atoms with Gasteiger partial charge in [-0.05, 0) is 34.0 Å². The van der Waals surface area contributed by atoms with E-state index in [0.717, 1.165) is 16.3 Å². The highest BCUT2D eigenvalue weighted by Gasteiger charge is 2.31. The maximum absolute atomic E-state index is 12.5. The Hall–Kier alpha value is -4.83. The number of nitro benzene ring substituents is 2. The van der Waals surface area contributed by atoms with E-state index in [4.69, 9.17) is 5.73 Å². The lowest BCUT2D eigenvalue weighted by Crippen LogP contribution is -2.46. The van der Waals surface area contributed by atoms with Crippen LogP contribution in [0.5, 0.6) is 0 Å². The summed E-state index contributed by atoms with van der Waals surface area (Å²) in [5, 5.41) is 25.3. The Morgan fingerprint density at radius 1 is 0.842 bits per heavy atom. The molecule has 0 aliphatic carbocycles. The normalized spacial score (nSPS) is 13.9. The summed E-state index contributed by atoms with van der Waals surface area (Å²) in [7, 11) is 0. The van der Waals surface area contributed by atoms with Crippen LogP contribution in [0.1, 0.15) is 15.9 Å². The third kappa shape index (κ3) is 4.76. The lowest BCUT2D eigenvalue weighted by atomic mass is 9.91. The number of nitrogens with two attached hydrogens (primary N) is 1. The summed E-state index contributed by atoms with van der Waals surface area (Å²) in [5.74, 6) is -0.732. The van der Waals surface area contributed by atoms with Crippen molar-refractivity contribution in [3.05, 3.63) is 110 Å². The predicted octanol–water partition coefficient (Wildman–Crippen LogP) is 4.74. The molecule has 1 heterocycles. The number of rotatable bonds is 7. The van der Waals surface area contributed by atoms with E-state index in [0.29, 0.717) is 44.0 Å². The Morgan fingerprint density at radius 2 is 1.55 bits per heavy atom. The van der Waals surface area contributed by atoms with Crippen molar-refractivity contribution in [3.8, 4) is 11.1 Å². The number of primary amides is 1. The number of hydrogen-bond acceptors (Lipinski definition) is 7. The minimum absolute atomic E-state index is 0.0484. The molecule has 38 heavy (non-hydrogen) atoms. The van der Waals surface area contributed by atoms with Crippen LogP contribution in [0.3, 0.4) is 0 Å². The molecule has 2 N–H and O–H groups in total. The summed E-state index contributed by atoms with van der Waals surface area (Å²) >= 11 is 0. The van der Waals surface area contributed by atoms with E-state index >= 15 is 0 Å². The molecule has 192 valence electrons. The molecule has 0 unspecified atom stereocenters. The van der Waals surface area contributed by atoms with Crippen molar-refractivity contribution in [1.29, 1.82) is 0 Å². The second-order valence-electron chi connectivity index (χ2n) is 9.19. The van der Waals surface area contributed by atoms with Crippen LogP contribution in [0.2, 0.25) is 0 Å². The zero-order valence-corrected chi connectivity index (χ0v) is 20.4. The van der Waals surface area contributed by atoms with Gasteiger partial charge in [0.1, 0.15) is 5.69 Å². The summed E-state index contributed by atoms with van der Waals surface area (Å²) in [5.41, 5.74) is 7.75. The molecule has 10 nitrogen and oxygen atoms in total. The third-order valence-electron chi connectivity index (χ3n) is 6.90. The standard InChI is InChI=1S/C28H25N5O5/c29-28(34)24-11-12-25(27(33(37)38)26(24)23-10-4-7-20-6-1-2-9-22(20)23)31-15-13-30(14-16-31)18-19-5-3-8-21(17-19)32(35)36/h1-12,17H,13-16,18H2,(H2,29,34). The van der Waals surface area contributed by atoms with Gasteiger partial charge in [-0.25, -0.2) is 0 Å². The van der Waals surface area contributed by atoms with Crippen LogP contribution in [0, 0.1) is 20.2 Å². The molecule has 1 aliphatic rings. The largest absolute Gasteiger partial charge is 0.366 e. The number of anilines is 1. The van der Waals surface area contributed by atoms with Crippen LogP contribution in [-0.4, -0.2) is 46.8 Å². The van der Waals surface area contributed by atoms with Crippen molar-refractivity contribution in [1.82, 2.24) is 4.90 Å². The first-order chi connectivity index (χ1) is 18.3. The van der Waals surface area contributed by atoms with Gasteiger partial charge in [0.25, 0.3) is 5.69 Å². The second kappa shape index (κ2) is 10.3. The monoisotopic (exact) mass is 511 g/mol. The number of hydrogen-bond donors (Lipinski definition) is 1. The highest BCUT2D eigenvalue weighted by atomic mass is 16.6. The first kappa shape index (κ1) is 24.8. The number of carbonyl (C=O) groups excluding carboxylic acids is 1. The Bertz CT molecular complexity index is 1560. The zero-order chi connectivity index (χ0) is 26.8. The maximum atomic E-state index is 12.5. The lowest BCUT2D eigenvalue weighted by molar-refractivity contribution is -0.385. The average molecular weight is 512 g/mol. The summed E-state index contributed by atoms with van der Waals surface area (Å²) in [6.45, 7) is 2.79. The topological polar surface area (TPSA) is 136 Å². The van der Waals surface area contributed by atoms with Gasteiger partial charge < -0.3 is 10.6 Å². The van der Waals surface area contributed by atoms with Crippen LogP contribution < -0.4 is 10.6 Å². The highest BCUT2D eigenvalue weighted by Crippen LogP contribution is 2.43. The van der Waals surface area contributed by atoms with Crippen molar-refractivity contribution in [3.63, 3.8) is 0 Å². The van der Waals surface area contributed by atoms with Crippen molar-refractivity contribution < 1.29 is 14.6 Å². The van der Waals surface area contributed by atoms with E-state index in [2.05, 4.69) is 4.90 Å². The fourth-order valence-corrected chi connectivity index (χ4v) is 5.12. The number of carbonyl (C=O) groups is 1. The number of nitro groups is 2. The molecule has 1 aliphatic heterocycles. The molecule has 1 fully saturated rings. The molecule has 1 saturated heterocycles. The van der Waals surface area contributed by atoms with Gasteiger partial charge in [0.15, 0.2) is 0 Å². The van der Waals surface area contributed by atoms with E-state index in [-0.39, 0.29) is 22.5 Å². The first-order valence-electron chi connectivity index (χ1n) is 12.1. The highest BCUT2D eigenvalue weighted by molar-refractivity contribution is 6.09. The van der Waals surface area contributed by atoms with Crippen LogP contribution in [0.25, 0.3) is 21.9 Å². The van der Waals surface area contributed by atoms with Gasteiger partial charge in [0.2, 0.25) is 5.91 Å². The Kier molecular flexibility index (Phi) is 6.71. The van der Waals surface area contributed by atoms with Gasteiger partial charge in [0.05, 0.1) is 21.0 Å². The van der Waals surface area contributed by atoms with Gasteiger partial charge in [-0.15, -0.1) is 0 Å². The molecule has 10 heteroatoms. The molecular weight excluding hydrogens is 486 g/mol. The molecule has 4 aromatic carbocycles. The smallest absolute Gasteiger partial charge is 0.301 e. The number of fused-ring (bicyclic) bond motifs is 1. The van der Waals surface area contributed by atoms with Crippen molar-refractivity contribution in [2.45, 2.75) is 6.54 Å². The number of nitrogens with zero attached hydrogens (tertiary/aromatic N) is 4. The lowest BCUT2D eigenvalue weighted by Gasteiger charge is -2.36. The number of piperazine rings is 1. The van der Waals surface area contributed by atoms with Crippen LogP contribution >= 0.6 is 0 Å². The van der Waals surface area contributed by atoms with Crippen LogP contribution in [0.4, 0.5) is 17.1 Å². The summed E-state index contributed by atoms with van der Waals surface area (Å²) < 4.78 is 0. The SMILES string of the molecule is NC(=O)c1ccc(N2CCN(Cc3cccc([N+](=O)[O-])c3)CC2)c([N+](=O)[O-])c1-c1cccc2ccccc12. The number of benzene rings is 4. The molecule has 1 amide bonds. The van der Waals surface area contributed by atoms with Gasteiger partial charge in [-0.3, -0.25) is 29.9 Å². The maximum Gasteiger partial charge on any atom is 0.301 e. The second-order valence-corrected chi connectivity index (χ2v) is 9.19. The molecule has 0 spiro atoms. The summed E-state index contributed by atoms with van der Waals surface area (Å²) in [6.07, 6.45) is 0. The van der Waals surface area contributed by atoms with E-state index in [1.165, 1.54) is 6.07 Å². The average Bonchev–Trinajstić information content (AvgIpc) is 2.92. The minimum Gasteiger partial charge on any atom is -0.366 e. The number of non-ortho nitro benzene ring substituents is 1. The van der Waals surface area contributed by atoms with E-state index in [9.17, 15) is 25.0 Å². The van der Waals surface area contributed by atoms with E-state index < -0.39 is 15.8 Å². The molecule has 0 bridgehead atoms. The van der Waals surface area contributed by atoms with Gasteiger partial charge in [0, 0.05) is 44.9 Å². The van der Waals surface area contributed by atoms with E-state index in [1.807, 2.05) is 47.4 Å². The Morgan fingerprint density at radius 3 is 2.26 bits per heavy atom. The Balaban J connectivity index is 1.49. The predicted molar refractivity (Wildman–Crippen MR) is 145 cm³/mol. The molecular formula is C28H25N5O5. The molecule has 5 rings (SSSR count). The van der Waals surface area contributed by atoms with Crippen LogP contribution in [0.15, 0.2) is 78.9 Å². The van der Waals surface area contributed by atoms with Crippen molar-refractivity contribution in [2.24, 2.45) is 5.73 Å². The van der Waals surface area contributed by atoms with Gasteiger partial charge >= 0.3 is 5.69 Å². The van der Waals surface area contributed by atoms with Gasteiger partial charge in [-0.1, -0.05) is 54.6 Å². The van der Waals surface area contributed by atoms with Crippen LogP contribution in [-0.2, 0) is 6.54 Å². The first-order valence-corrected chi connectivity index (χ1v) is 12.1. The third-order valence-corrected chi connectivity index (χ3v) is 6.90. The molecule has 0 saturated carbocycles. The quantitative estimate of drug-likeness (QED) is 0.279. The fourth-order valence-electron chi connectivity index (χ4n) is 5.12. The van der Waals surface area contributed by atoms with Crippen molar-refractivity contribution >= 4 is 33.7 Å². The molecule has 0 aromatic heterocycles. The molecule has 4 aromatic rings. The van der Waals surface area contributed by atoms with Crippen molar-refractivity contribution in [2.75, 3.05) is 31.1 Å². The molecule has 0 radical (unpaired) electrons.